The predicted octanol–water partition coefficient (Wildman–Crippen LogP) is 3.40. The van der Waals surface area contributed by atoms with Gasteiger partial charge in [-0.1, -0.05) is 12.1 Å². The number of amides is 2. The zero-order chi connectivity index (χ0) is 17.0. The number of thioether (sulfide) groups is 2. The van der Waals surface area contributed by atoms with Crippen molar-refractivity contribution in [1.29, 1.82) is 0 Å². The van der Waals surface area contributed by atoms with Gasteiger partial charge in [0.1, 0.15) is 6.54 Å². The van der Waals surface area contributed by atoms with Crippen molar-refractivity contribution in [3.05, 3.63) is 34.7 Å². The average molecular weight is 351 g/mol. The maximum Gasteiger partial charge on any atom is 0.326 e. The van der Waals surface area contributed by atoms with E-state index in [1.807, 2.05) is 30.5 Å². The van der Waals surface area contributed by atoms with E-state index in [9.17, 15) is 14.4 Å². The Kier molecular flexibility index (Phi) is 5.90. The van der Waals surface area contributed by atoms with E-state index in [0.717, 1.165) is 27.1 Å². The molecule has 7 heteroatoms. The molecule has 0 aliphatic carbocycles. The van der Waals surface area contributed by atoms with Crippen LogP contribution in [0.15, 0.2) is 34.1 Å². The van der Waals surface area contributed by atoms with Crippen LogP contribution in [0.2, 0.25) is 0 Å². The number of rotatable bonds is 5. The maximum atomic E-state index is 12.3. The van der Waals surface area contributed by atoms with E-state index < -0.39 is 17.1 Å². The molecule has 0 aromatic heterocycles. The van der Waals surface area contributed by atoms with E-state index in [4.69, 9.17) is 4.74 Å². The molecule has 23 heavy (non-hydrogen) atoms. The van der Waals surface area contributed by atoms with Gasteiger partial charge in [0.25, 0.3) is 11.1 Å². The molecule has 5 nitrogen and oxygen atoms in total. The minimum absolute atomic E-state index is 0.284. The van der Waals surface area contributed by atoms with Crippen LogP contribution in [0, 0.1) is 0 Å². The lowest BCUT2D eigenvalue weighted by molar-refractivity contribution is -0.149. The Hall–Kier alpha value is -1.73. The lowest BCUT2D eigenvalue weighted by atomic mass is 10.2. The first kappa shape index (κ1) is 17.6. The second-order valence-corrected chi connectivity index (χ2v) is 6.95. The quantitative estimate of drug-likeness (QED) is 0.460. The van der Waals surface area contributed by atoms with Crippen LogP contribution in [0.4, 0.5) is 4.79 Å². The van der Waals surface area contributed by atoms with Gasteiger partial charge < -0.3 is 4.74 Å². The molecule has 0 bridgehead atoms. The van der Waals surface area contributed by atoms with Crippen LogP contribution in [0.1, 0.15) is 19.4 Å². The Balaban J connectivity index is 2.10. The molecule has 0 saturated carbocycles. The van der Waals surface area contributed by atoms with Crippen LogP contribution in [0.25, 0.3) is 6.08 Å². The summed E-state index contributed by atoms with van der Waals surface area (Å²) >= 11 is 2.46. The first-order valence-corrected chi connectivity index (χ1v) is 9.03. The molecule has 2 amide bonds. The van der Waals surface area contributed by atoms with E-state index in [-0.39, 0.29) is 12.6 Å². The van der Waals surface area contributed by atoms with Crippen LogP contribution in [-0.2, 0) is 14.3 Å². The number of hydrogen-bond acceptors (Lipinski definition) is 6. The first-order valence-electron chi connectivity index (χ1n) is 6.99. The molecule has 0 spiro atoms. The van der Waals surface area contributed by atoms with Crippen molar-refractivity contribution in [2.45, 2.75) is 24.8 Å². The van der Waals surface area contributed by atoms with Crippen molar-refractivity contribution in [1.82, 2.24) is 4.90 Å². The van der Waals surface area contributed by atoms with E-state index in [2.05, 4.69) is 0 Å². The van der Waals surface area contributed by atoms with Gasteiger partial charge in [-0.05, 0) is 55.6 Å². The fourth-order valence-corrected chi connectivity index (χ4v) is 3.16. The normalized spacial score (nSPS) is 16.5. The highest BCUT2D eigenvalue weighted by Gasteiger charge is 2.36. The van der Waals surface area contributed by atoms with Crippen molar-refractivity contribution in [3.63, 3.8) is 0 Å². The largest absolute Gasteiger partial charge is 0.462 e. The molecular weight excluding hydrogens is 334 g/mol. The summed E-state index contributed by atoms with van der Waals surface area (Å²) in [6.45, 7) is 3.07. The lowest BCUT2D eigenvalue weighted by Crippen LogP contribution is -2.35. The van der Waals surface area contributed by atoms with Gasteiger partial charge in [-0.15, -0.1) is 11.8 Å². The summed E-state index contributed by atoms with van der Waals surface area (Å²) in [4.78, 5) is 38.2. The van der Waals surface area contributed by atoms with Crippen molar-refractivity contribution >= 4 is 46.7 Å². The van der Waals surface area contributed by atoms with Crippen molar-refractivity contribution < 1.29 is 19.1 Å². The van der Waals surface area contributed by atoms with Crippen LogP contribution in [0.3, 0.4) is 0 Å². The van der Waals surface area contributed by atoms with Gasteiger partial charge in [0.2, 0.25) is 0 Å². The van der Waals surface area contributed by atoms with Crippen LogP contribution >= 0.6 is 23.5 Å². The summed E-state index contributed by atoms with van der Waals surface area (Å²) in [5.41, 5.74) is 0.832. The molecule has 0 unspecified atom stereocenters. The molecule has 0 radical (unpaired) electrons. The van der Waals surface area contributed by atoms with Gasteiger partial charge in [0, 0.05) is 4.90 Å². The third-order valence-electron chi connectivity index (χ3n) is 2.94. The first-order chi connectivity index (χ1) is 10.9. The number of esters is 1. The molecule has 1 aliphatic heterocycles. The van der Waals surface area contributed by atoms with E-state index >= 15 is 0 Å². The fraction of sp³-hybridized carbons (Fsp3) is 0.312. The third-order valence-corrected chi connectivity index (χ3v) is 4.59. The summed E-state index contributed by atoms with van der Waals surface area (Å²) in [6.07, 6.45) is 3.35. The van der Waals surface area contributed by atoms with Gasteiger partial charge in [-0.3, -0.25) is 19.3 Å². The number of hydrogen-bond donors (Lipinski definition) is 0. The molecule has 1 aromatic carbocycles. The molecule has 2 rings (SSSR count). The minimum Gasteiger partial charge on any atom is -0.462 e. The Labute approximate surface area is 143 Å². The Morgan fingerprint density at radius 3 is 2.52 bits per heavy atom. The van der Waals surface area contributed by atoms with Gasteiger partial charge in [0.05, 0.1) is 11.0 Å². The molecule has 1 heterocycles. The fourth-order valence-electron chi connectivity index (χ4n) is 1.92. The summed E-state index contributed by atoms with van der Waals surface area (Å²) in [7, 11) is 0. The van der Waals surface area contributed by atoms with Crippen LogP contribution < -0.4 is 0 Å². The molecule has 1 aromatic rings. The molecule has 1 aliphatic rings. The standard InChI is InChI=1S/C16H17NO4S2/c1-10(2)21-14(18)9-17-15(19)13(23-16(17)20)8-11-4-6-12(22-3)7-5-11/h4-8,10H,9H2,1-3H3/b13-8+. The number of imide groups is 1. The van der Waals surface area contributed by atoms with Gasteiger partial charge in [-0.25, -0.2) is 0 Å². The number of benzene rings is 1. The molecule has 0 N–H and O–H groups in total. The van der Waals surface area contributed by atoms with Crippen molar-refractivity contribution in [3.8, 4) is 0 Å². The number of carbonyl (C=O) groups excluding carboxylic acids is 3. The van der Waals surface area contributed by atoms with E-state index in [0.29, 0.717) is 4.91 Å². The molecule has 1 saturated heterocycles. The summed E-state index contributed by atoms with van der Waals surface area (Å²) in [5, 5.41) is -0.456. The molecular formula is C16H17NO4S2. The monoisotopic (exact) mass is 351 g/mol. The highest BCUT2D eigenvalue weighted by Crippen LogP contribution is 2.32. The topological polar surface area (TPSA) is 63.7 Å². The van der Waals surface area contributed by atoms with Crippen molar-refractivity contribution in [2.75, 3.05) is 12.8 Å². The summed E-state index contributed by atoms with van der Waals surface area (Å²) < 4.78 is 4.97. The van der Waals surface area contributed by atoms with E-state index in [1.165, 1.54) is 0 Å². The second-order valence-electron chi connectivity index (χ2n) is 5.08. The Morgan fingerprint density at radius 1 is 1.30 bits per heavy atom. The zero-order valence-electron chi connectivity index (χ0n) is 13.1. The summed E-state index contributed by atoms with van der Waals surface area (Å²) in [6, 6.07) is 7.65. The smallest absolute Gasteiger partial charge is 0.326 e. The van der Waals surface area contributed by atoms with Crippen molar-refractivity contribution in [2.24, 2.45) is 0 Å². The van der Waals surface area contributed by atoms with Gasteiger partial charge in [-0.2, -0.15) is 0 Å². The van der Waals surface area contributed by atoms with E-state index in [1.54, 1.807) is 31.7 Å². The molecule has 0 atom stereocenters. The SMILES string of the molecule is CSc1ccc(/C=C2/SC(=O)N(CC(=O)OC(C)C)C2=O)cc1. The lowest BCUT2D eigenvalue weighted by Gasteiger charge is -2.13. The zero-order valence-corrected chi connectivity index (χ0v) is 14.7. The Bertz CT molecular complexity index is 653. The third kappa shape index (κ3) is 4.62. The molecule has 122 valence electrons. The highest BCUT2D eigenvalue weighted by atomic mass is 32.2. The van der Waals surface area contributed by atoms with Crippen LogP contribution in [-0.4, -0.2) is 40.9 Å². The Morgan fingerprint density at radius 2 is 1.96 bits per heavy atom. The highest BCUT2D eigenvalue weighted by molar-refractivity contribution is 8.18. The van der Waals surface area contributed by atoms with Gasteiger partial charge in [0.15, 0.2) is 0 Å². The number of ether oxygens (including phenoxy) is 1. The average Bonchev–Trinajstić information content (AvgIpc) is 2.75. The molecule has 1 fully saturated rings. The number of nitrogens with zero attached hydrogens (tertiary/aromatic N) is 1. The maximum absolute atomic E-state index is 12.3. The van der Waals surface area contributed by atoms with Crippen LogP contribution in [0.5, 0.6) is 0 Å². The minimum atomic E-state index is -0.590. The van der Waals surface area contributed by atoms with Gasteiger partial charge >= 0.3 is 5.97 Å². The number of carbonyl (C=O) groups is 3. The second kappa shape index (κ2) is 7.70. The summed E-state index contributed by atoms with van der Waals surface area (Å²) in [5.74, 6) is -1.05. The predicted molar refractivity (Wildman–Crippen MR) is 92.1 cm³/mol.